The number of amides is 3. The Bertz CT molecular complexity index is 839. The number of ether oxygens (including phenoxy) is 1. The predicted octanol–water partition coefficient (Wildman–Crippen LogP) is -0.769. The molecule has 3 amide bonds. The number of fused-ring (bicyclic) bond motifs is 1. The van der Waals surface area contributed by atoms with Crippen molar-refractivity contribution >= 4 is 52.4 Å². The molecule has 12 heteroatoms. The Morgan fingerprint density at radius 2 is 2.29 bits per heavy atom. The molecule has 10 nitrogen and oxygen atoms in total. The van der Waals surface area contributed by atoms with Crippen LogP contribution in [0.1, 0.15) is 12.6 Å². The maximum absolute atomic E-state index is 12.4. The highest BCUT2D eigenvalue weighted by atomic mass is 32.2. The third-order valence-corrected chi connectivity index (χ3v) is 6.29. The van der Waals surface area contributed by atoms with E-state index in [0.29, 0.717) is 28.7 Å². The summed E-state index contributed by atoms with van der Waals surface area (Å²) in [6, 6.07) is -0.596. The van der Waals surface area contributed by atoms with Gasteiger partial charge in [0.05, 0.1) is 18.7 Å². The van der Waals surface area contributed by atoms with Crippen molar-refractivity contribution in [3.8, 4) is 0 Å². The molecule has 1 aromatic heterocycles. The number of rotatable bonds is 8. The zero-order chi connectivity index (χ0) is 20.3. The summed E-state index contributed by atoms with van der Waals surface area (Å²) in [7, 11) is 0. The first-order valence-corrected chi connectivity index (χ1v) is 10.3. The number of nitrogen functional groups attached to an aromatic ring is 1. The number of thiazole rings is 1. The minimum atomic E-state index is -0.596. The molecule has 1 aromatic rings. The highest BCUT2D eigenvalue weighted by Crippen LogP contribution is 2.39. The van der Waals surface area contributed by atoms with Crippen molar-refractivity contribution in [2.75, 3.05) is 24.6 Å². The molecule has 0 saturated carbocycles. The monoisotopic (exact) mass is 425 g/mol. The van der Waals surface area contributed by atoms with Crippen LogP contribution in [0.25, 0.3) is 0 Å². The van der Waals surface area contributed by atoms with Crippen molar-refractivity contribution < 1.29 is 23.9 Å². The van der Waals surface area contributed by atoms with Crippen LogP contribution in [-0.4, -0.2) is 64.4 Å². The highest BCUT2D eigenvalue weighted by Gasteiger charge is 2.51. The minimum absolute atomic E-state index is 0.0401. The summed E-state index contributed by atoms with van der Waals surface area (Å²) in [6.07, 6.45) is 0.571. The van der Waals surface area contributed by atoms with Gasteiger partial charge < -0.3 is 21.1 Å². The standard InChI is InChI=1S/C16H19N5O5S2/c1-8(23)26-4-9-5-27-15-13(19-7-22)14(25)21(15)11(9)3-18-12(24)2-10-6-28-16(17)20-10/h6-7,13,15H,2-5H2,1H3,(H2,17,20)(H,18,24)(H,19,22)/t13-,15-/m1/s1. The van der Waals surface area contributed by atoms with Gasteiger partial charge in [0.2, 0.25) is 12.3 Å². The van der Waals surface area contributed by atoms with Gasteiger partial charge in [-0.05, 0) is 5.57 Å². The van der Waals surface area contributed by atoms with Crippen molar-refractivity contribution in [1.29, 1.82) is 0 Å². The Kier molecular flexibility index (Phi) is 6.19. The fraction of sp³-hybridized carbons (Fsp3) is 0.438. The second kappa shape index (κ2) is 8.61. The second-order valence-corrected chi connectivity index (χ2v) is 8.13. The molecule has 1 fully saturated rings. The Morgan fingerprint density at radius 1 is 1.50 bits per heavy atom. The second-order valence-electron chi connectivity index (χ2n) is 6.13. The number of esters is 1. The van der Waals surface area contributed by atoms with Gasteiger partial charge in [-0.25, -0.2) is 4.98 Å². The summed E-state index contributed by atoms with van der Waals surface area (Å²) in [6.45, 7) is 1.45. The number of nitrogens with two attached hydrogens (primary N) is 1. The first kappa shape index (κ1) is 20.1. The summed E-state index contributed by atoms with van der Waals surface area (Å²) < 4.78 is 5.08. The largest absolute Gasteiger partial charge is 0.461 e. The van der Waals surface area contributed by atoms with Crippen LogP contribution in [0.2, 0.25) is 0 Å². The van der Waals surface area contributed by atoms with E-state index in [-0.39, 0.29) is 36.8 Å². The molecule has 0 radical (unpaired) electrons. The number of hydrogen-bond acceptors (Lipinski definition) is 9. The van der Waals surface area contributed by atoms with Gasteiger partial charge in [-0.3, -0.25) is 24.1 Å². The van der Waals surface area contributed by atoms with Crippen LogP contribution in [0.15, 0.2) is 16.7 Å². The van der Waals surface area contributed by atoms with Gasteiger partial charge in [0.1, 0.15) is 18.0 Å². The van der Waals surface area contributed by atoms with Crippen molar-refractivity contribution in [3.63, 3.8) is 0 Å². The average Bonchev–Trinajstić information content (AvgIpc) is 3.06. The third kappa shape index (κ3) is 4.28. The molecule has 0 aromatic carbocycles. The van der Waals surface area contributed by atoms with E-state index in [2.05, 4.69) is 15.6 Å². The van der Waals surface area contributed by atoms with E-state index in [1.807, 2.05) is 0 Å². The molecular weight excluding hydrogens is 406 g/mol. The van der Waals surface area contributed by atoms with E-state index >= 15 is 0 Å². The molecule has 0 unspecified atom stereocenters. The first-order valence-electron chi connectivity index (χ1n) is 8.36. The molecule has 3 heterocycles. The zero-order valence-electron chi connectivity index (χ0n) is 15.0. The van der Waals surface area contributed by atoms with Crippen molar-refractivity contribution in [3.05, 3.63) is 22.3 Å². The number of β-lactam (4-membered cyclic amide) rings is 1. The van der Waals surface area contributed by atoms with Crippen LogP contribution in [0.3, 0.4) is 0 Å². The number of carbonyl (C=O) groups excluding carboxylic acids is 4. The molecule has 4 N–H and O–H groups in total. The number of nitrogens with zero attached hydrogens (tertiary/aromatic N) is 2. The molecule has 2 atom stereocenters. The number of nitrogens with one attached hydrogen (secondary N) is 2. The van der Waals surface area contributed by atoms with Crippen LogP contribution < -0.4 is 16.4 Å². The van der Waals surface area contributed by atoms with Gasteiger partial charge in [0.25, 0.3) is 5.91 Å². The van der Waals surface area contributed by atoms with Gasteiger partial charge in [-0.2, -0.15) is 0 Å². The number of thioether (sulfide) groups is 1. The fourth-order valence-electron chi connectivity index (χ4n) is 2.93. The lowest BCUT2D eigenvalue weighted by Gasteiger charge is -2.50. The maximum atomic E-state index is 12.4. The van der Waals surface area contributed by atoms with Crippen molar-refractivity contribution in [1.82, 2.24) is 20.5 Å². The van der Waals surface area contributed by atoms with E-state index in [9.17, 15) is 19.2 Å². The molecule has 0 bridgehead atoms. The van der Waals surface area contributed by atoms with Gasteiger partial charge in [0, 0.05) is 23.8 Å². The summed E-state index contributed by atoms with van der Waals surface area (Å²) >= 11 is 2.72. The van der Waals surface area contributed by atoms with E-state index in [1.165, 1.54) is 34.9 Å². The molecule has 2 aliphatic heterocycles. The summed E-state index contributed by atoms with van der Waals surface area (Å²) in [5, 5.41) is 7.14. The minimum Gasteiger partial charge on any atom is -0.461 e. The average molecular weight is 425 g/mol. The van der Waals surface area contributed by atoms with E-state index in [4.69, 9.17) is 10.5 Å². The third-order valence-electron chi connectivity index (χ3n) is 4.23. The molecule has 28 heavy (non-hydrogen) atoms. The zero-order valence-corrected chi connectivity index (χ0v) is 16.6. The molecule has 2 aliphatic rings. The van der Waals surface area contributed by atoms with Crippen molar-refractivity contribution in [2.24, 2.45) is 0 Å². The lowest BCUT2D eigenvalue weighted by atomic mass is 10.0. The van der Waals surface area contributed by atoms with Crippen LogP contribution in [0.5, 0.6) is 0 Å². The van der Waals surface area contributed by atoms with E-state index < -0.39 is 12.0 Å². The Labute approximate surface area is 168 Å². The summed E-state index contributed by atoms with van der Waals surface area (Å²) in [4.78, 5) is 52.1. The van der Waals surface area contributed by atoms with Crippen molar-refractivity contribution in [2.45, 2.75) is 24.8 Å². The Balaban J connectivity index is 1.70. The Morgan fingerprint density at radius 3 is 2.93 bits per heavy atom. The molecule has 0 aliphatic carbocycles. The number of carbonyl (C=O) groups is 4. The quantitative estimate of drug-likeness (QED) is 0.280. The molecule has 0 spiro atoms. The summed E-state index contributed by atoms with van der Waals surface area (Å²) in [5.74, 6) is -0.442. The smallest absolute Gasteiger partial charge is 0.302 e. The van der Waals surface area contributed by atoms with E-state index in [1.54, 1.807) is 5.38 Å². The number of aromatic nitrogens is 1. The maximum Gasteiger partial charge on any atom is 0.302 e. The topological polar surface area (TPSA) is 144 Å². The van der Waals surface area contributed by atoms with Crippen LogP contribution in [0, 0.1) is 0 Å². The summed E-state index contributed by atoms with van der Waals surface area (Å²) in [5.41, 5.74) is 7.47. The van der Waals surface area contributed by atoms with Gasteiger partial charge in [-0.1, -0.05) is 0 Å². The Hall–Kier alpha value is -2.60. The lowest BCUT2D eigenvalue weighted by Crippen LogP contribution is -2.69. The SMILES string of the molecule is CC(=O)OCC1=C(CNC(=O)Cc2csc(N)n2)N2C(=O)[C@@H](NC=O)[C@H]2SC1. The molecular formula is C16H19N5O5S2. The van der Waals surface area contributed by atoms with Crippen LogP contribution in [0.4, 0.5) is 5.13 Å². The van der Waals surface area contributed by atoms with E-state index in [0.717, 1.165) is 5.57 Å². The highest BCUT2D eigenvalue weighted by molar-refractivity contribution is 8.00. The number of hydrogen-bond donors (Lipinski definition) is 3. The van der Waals surface area contributed by atoms with Gasteiger partial charge >= 0.3 is 5.97 Å². The fourth-order valence-corrected chi connectivity index (χ4v) is 4.88. The van der Waals surface area contributed by atoms with Gasteiger partial charge in [0.15, 0.2) is 5.13 Å². The van der Waals surface area contributed by atoms with Crippen LogP contribution >= 0.6 is 23.1 Å². The molecule has 1 saturated heterocycles. The number of anilines is 1. The van der Waals surface area contributed by atoms with Crippen LogP contribution in [-0.2, 0) is 30.3 Å². The lowest BCUT2D eigenvalue weighted by molar-refractivity contribution is -0.144. The predicted molar refractivity (Wildman–Crippen MR) is 103 cm³/mol. The molecule has 3 rings (SSSR count). The molecule has 150 valence electrons. The normalized spacial score (nSPS) is 20.9. The first-order chi connectivity index (χ1) is 13.4. The van der Waals surface area contributed by atoms with Gasteiger partial charge in [-0.15, -0.1) is 23.1 Å².